The molecule has 1 aromatic rings. The van der Waals surface area contributed by atoms with E-state index in [0.717, 1.165) is 11.5 Å². The summed E-state index contributed by atoms with van der Waals surface area (Å²) in [5.74, 6) is 0.778. The smallest absolute Gasteiger partial charge is 0.220 e. The molecule has 4 heteroatoms. The Balaban J connectivity index is 2.58. The monoisotopic (exact) mass is 182 g/mol. The highest BCUT2D eigenvalue weighted by atomic mass is 16.5. The van der Waals surface area contributed by atoms with Gasteiger partial charge in [-0.25, -0.2) is 0 Å². The van der Waals surface area contributed by atoms with Gasteiger partial charge in [0.25, 0.3) is 0 Å². The molecule has 0 bridgehead atoms. The summed E-state index contributed by atoms with van der Waals surface area (Å²) in [5, 5.41) is 6.61. The Labute approximate surface area is 77.3 Å². The minimum absolute atomic E-state index is 0.0214. The van der Waals surface area contributed by atoms with E-state index in [2.05, 4.69) is 10.5 Å². The summed E-state index contributed by atoms with van der Waals surface area (Å²) in [4.78, 5) is 11.0. The van der Waals surface area contributed by atoms with Crippen molar-refractivity contribution in [2.45, 2.75) is 33.2 Å². The predicted octanol–water partition coefficient (Wildman–Crippen LogP) is 1.57. The highest BCUT2D eigenvalue weighted by Crippen LogP contribution is 2.11. The minimum atomic E-state index is -0.0788. The van der Waals surface area contributed by atoms with Crippen LogP contribution in [0.5, 0.6) is 0 Å². The average molecular weight is 182 g/mol. The molecule has 0 aromatic carbocycles. The maximum absolute atomic E-state index is 11.0. The van der Waals surface area contributed by atoms with Crippen LogP contribution in [0.3, 0.4) is 0 Å². The van der Waals surface area contributed by atoms with Crippen molar-refractivity contribution in [2.24, 2.45) is 0 Å². The summed E-state index contributed by atoms with van der Waals surface area (Å²) in [7, 11) is 0. The molecule has 0 saturated heterocycles. The van der Waals surface area contributed by atoms with Gasteiger partial charge in [-0.1, -0.05) is 12.1 Å². The first-order chi connectivity index (χ1) is 6.13. The van der Waals surface area contributed by atoms with Crippen molar-refractivity contribution in [3.8, 4) is 0 Å². The fourth-order valence-corrected chi connectivity index (χ4v) is 1.01. The van der Waals surface area contributed by atoms with E-state index in [9.17, 15) is 4.79 Å². The Morgan fingerprint density at radius 3 is 2.92 bits per heavy atom. The van der Waals surface area contributed by atoms with Crippen molar-refractivity contribution in [1.82, 2.24) is 10.5 Å². The molecule has 1 atom stereocenters. The second-order valence-electron chi connectivity index (χ2n) is 3.01. The van der Waals surface area contributed by atoms with Crippen molar-refractivity contribution in [3.05, 3.63) is 17.5 Å². The Kier molecular flexibility index (Phi) is 3.06. The standard InChI is InChI=1S/C9H14N2O2/c1-4-9(12)10-7(3)8-5-6(2)13-11-8/h5,7H,4H2,1-3H3,(H,10,12)/t7-/m1/s1. The molecule has 4 nitrogen and oxygen atoms in total. The minimum Gasteiger partial charge on any atom is -0.361 e. The van der Waals surface area contributed by atoms with Gasteiger partial charge in [0.05, 0.1) is 6.04 Å². The van der Waals surface area contributed by atoms with Crippen LogP contribution in [0.2, 0.25) is 0 Å². The Bertz CT molecular complexity index is 294. The molecule has 1 rings (SSSR count). The summed E-state index contributed by atoms with van der Waals surface area (Å²) in [6.07, 6.45) is 0.487. The summed E-state index contributed by atoms with van der Waals surface area (Å²) >= 11 is 0. The van der Waals surface area contributed by atoms with Crippen molar-refractivity contribution in [3.63, 3.8) is 0 Å². The lowest BCUT2D eigenvalue weighted by Gasteiger charge is -2.08. The number of rotatable bonds is 3. The Morgan fingerprint density at radius 1 is 1.77 bits per heavy atom. The number of nitrogens with one attached hydrogen (secondary N) is 1. The van der Waals surface area contributed by atoms with E-state index in [-0.39, 0.29) is 11.9 Å². The normalized spacial score (nSPS) is 12.5. The Morgan fingerprint density at radius 2 is 2.46 bits per heavy atom. The summed E-state index contributed by atoms with van der Waals surface area (Å²) < 4.78 is 4.90. The maximum atomic E-state index is 11.0. The molecule has 0 aliphatic carbocycles. The van der Waals surface area contributed by atoms with Gasteiger partial charge in [-0.3, -0.25) is 4.79 Å². The quantitative estimate of drug-likeness (QED) is 0.772. The molecule has 0 aliphatic rings. The lowest BCUT2D eigenvalue weighted by atomic mass is 10.2. The van der Waals surface area contributed by atoms with Crippen LogP contribution >= 0.6 is 0 Å². The van der Waals surface area contributed by atoms with Gasteiger partial charge in [0, 0.05) is 12.5 Å². The largest absolute Gasteiger partial charge is 0.361 e. The third-order valence-corrected chi connectivity index (χ3v) is 1.79. The maximum Gasteiger partial charge on any atom is 0.220 e. The number of aromatic nitrogens is 1. The van der Waals surface area contributed by atoms with Gasteiger partial charge in [-0.15, -0.1) is 0 Å². The second kappa shape index (κ2) is 4.07. The molecular formula is C9H14N2O2. The second-order valence-corrected chi connectivity index (χ2v) is 3.01. The molecule has 1 amide bonds. The summed E-state index contributed by atoms with van der Waals surface area (Å²) in [6.45, 7) is 5.52. The van der Waals surface area contributed by atoms with E-state index in [1.165, 1.54) is 0 Å². The summed E-state index contributed by atoms with van der Waals surface area (Å²) in [6, 6.07) is 1.74. The van der Waals surface area contributed by atoms with Crippen molar-refractivity contribution < 1.29 is 9.32 Å². The number of carbonyl (C=O) groups is 1. The van der Waals surface area contributed by atoms with Crippen LogP contribution in [0.25, 0.3) is 0 Å². The highest BCUT2D eigenvalue weighted by Gasteiger charge is 2.11. The highest BCUT2D eigenvalue weighted by molar-refractivity contribution is 5.75. The number of aryl methyl sites for hydroxylation is 1. The third kappa shape index (κ3) is 2.57. The van der Waals surface area contributed by atoms with Crippen LogP contribution < -0.4 is 5.32 Å². The average Bonchev–Trinajstić information content (AvgIpc) is 2.51. The van der Waals surface area contributed by atoms with Crippen LogP contribution in [0.1, 0.15) is 37.8 Å². The molecule has 0 saturated carbocycles. The van der Waals surface area contributed by atoms with Crippen molar-refractivity contribution >= 4 is 5.91 Å². The third-order valence-electron chi connectivity index (χ3n) is 1.79. The van der Waals surface area contributed by atoms with E-state index >= 15 is 0 Å². The summed E-state index contributed by atoms with van der Waals surface area (Å²) in [5.41, 5.74) is 0.763. The fraction of sp³-hybridized carbons (Fsp3) is 0.556. The predicted molar refractivity (Wildman–Crippen MR) is 48.1 cm³/mol. The van der Waals surface area contributed by atoms with Gasteiger partial charge in [-0.05, 0) is 13.8 Å². The lowest BCUT2D eigenvalue weighted by Crippen LogP contribution is -2.25. The molecule has 0 spiro atoms. The molecule has 1 heterocycles. The van der Waals surface area contributed by atoms with Gasteiger partial charge in [0.2, 0.25) is 5.91 Å². The first kappa shape index (κ1) is 9.77. The lowest BCUT2D eigenvalue weighted by molar-refractivity contribution is -0.121. The topological polar surface area (TPSA) is 55.1 Å². The van der Waals surface area contributed by atoms with Gasteiger partial charge in [0.15, 0.2) is 0 Å². The van der Waals surface area contributed by atoms with E-state index in [4.69, 9.17) is 4.52 Å². The fourth-order valence-electron chi connectivity index (χ4n) is 1.01. The molecule has 0 radical (unpaired) electrons. The number of hydrogen-bond donors (Lipinski definition) is 1. The number of hydrogen-bond acceptors (Lipinski definition) is 3. The van der Waals surface area contributed by atoms with E-state index < -0.39 is 0 Å². The van der Waals surface area contributed by atoms with Gasteiger partial charge in [-0.2, -0.15) is 0 Å². The van der Waals surface area contributed by atoms with Crippen LogP contribution in [0.4, 0.5) is 0 Å². The van der Waals surface area contributed by atoms with Crippen LogP contribution in [0, 0.1) is 6.92 Å². The van der Waals surface area contributed by atoms with Gasteiger partial charge < -0.3 is 9.84 Å². The molecule has 1 N–H and O–H groups in total. The SMILES string of the molecule is CCC(=O)N[C@H](C)c1cc(C)on1. The zero-order valence-corrected chi connectivity index (χ0v) is 8.13. The first-order valence-corrected chi connectivity index (χ1v) is 4.36. The number of carbonyl (C=O) groups excluding carboxylic acids is 1. The van der Waals surface area contributed by atoms with Crippen LogP contribution in [-0.4, -0.2) is 11.1 Å². The molecule has 0 fully saturated rings. The molecule has 72 valence electrons. The number of nitrogens with zero attached hydrogens (tertiary/aromatic N) is 1. The zero-order valence-electron chi connectivity index (χ0n) is 8.13. The molecule has 0 aliphatic heterocycles. The Hall–Kier alpha value is -1.32. The van der Waals surface area contributed by atoms with Crippen molar-refractivity contribution in [2.75, 3.05) is 0 Å². The zero-order chi connectivity index (χ0) is 9.84. The molecule has 0 unspecified atom stereocenters. The van der Waals surface area contributed by atoms with Gasteiger partial charge >= 0.3 is 0 Å². The van der Waals surface area contributed by atoms with Crippen molar-refractivity contribution in [1.29, 1.82) is 0 Å². The first-order valence-electron chi connectivity index (χ1n) is 4.36. The number of amides is 1. The van der Waals surface area contributed by atoms with Crippen LogP contribution in [0.15, 0.2) is 10.6 Å². The molecule has 1 aromatic heterocycles. The van der Waals surface area contributed by atoms with Gasteiger partial charge in [0.1, 0.15) is 11.5 Å². The molecular weight excluding hydrogens is 168 g/mol. The van der Waals surface area contributed by atoms with E-state index in [1.807, 2.05) is 26.8 Å². The van der Waals surface area contributed by atoms with Crippen LogP contribution in [-0.2, 0) is 4.79 Å². The van der Waals surface area contributed by atoms with E-state index in [0.29, 0.717) is 6.42 Å². The molecule has 13 heavy (non-hydrogen) atoms. The van der Waals surface area contributed by atoms with E-state index in [1.54, 1.807) is 0 Å².